The molecule has 26 heavy (non-hydrogen) atoms. The molecule has 6 nitrogen and oxygen atoms in total. The van der Waals surface area contributed by atoms with Crippen LogP contribution >= 0.6 is 23.4 Å². The predicted molar refractivity (Wildman–Crippen MR) is 90.3 cm³/mol. The summed E-state index contributed by atoms with van der Waals surface area (Å²) in [7, 11) is 0. The number of amides is 1. The summed E-state index contributed by atoms with van der Waals surface area (Å²) < 4.78 is 45.7. The molecule has 1 aliphatic rings. The minimum Gasteiger partial charge on any atom is -0.372 e. The van der Waals surface area contributed by atoms with Gasteiger partial charge in [0, 0.05) is 19.3 Å². The molecule has 0 unspecified atom stereocenters. The maximum Gasteiger partial charge on any atom is 0.417 e. The van der Waals surface area contributed by atoms with Gasteiger partial charge in [0.25, 0.3) is 0 Å². The molecule has 3 rings (SSSR count). The zero-order chi connectivity index (χ0) is 19.1. The van der Waals surface area contributed by atoms with Gasteiger partial charge in [-0.25, -0.2) is 0 Å². The van der Waals surface area contributed by atoms with Crippen molar-refractivity contribution in [1.82, 2.24) is 19.5 Å². The number of pyridine rings is 1. The van der Waals surface area contributed by atoms with E-state index in [2.05, 4.69) is 10.2 Å². The highest BCUT2D eigenvalue weighted by molar-refractivity contribution is 7.99. The Kier molecular flexibility index (Phi) is 5.36. The number of alkyl halides is 3. The van der Waals surface area contributed by atoms with Crippen molar-refractivity contribution < 1.29 is 22.7 Å². The van der Waals surface area contributed by atoms with Gasteiger partial charge in [-0.1, -0.05) is 23.4 Å². The van der Waals surface area contributed by atoms with Gasteiger partial charge in [0.05, 0.1) is 28.5 Å². The molecule has 142 valence electrons. The van der Waals surface area contributed by atoms with E-state index in [-0.39, 0.29) is 39.7 Å². The molecule has 0 radical (unpaired) electrons. The van der Waals surface area contributed by atoms with Crippen LogP contribution < -0.4 is 0 Å². The molecule has 2 aromatic heterocycles. The molecule has 2 atom stereocenters. The quantitative estimate of drug-likeness (QED) is 0.730. The van der Waals surface area contributed by atoms with Gasteiger partial charge < -0.3 is 9.64 Å². The van der Waals surface area contributed by atoms with Gasteiger partial charge in [0.1, 0.15) is 0 Å². The normalized spacial score (nSPS) is 21.4. The fraction of sp³-hybridized carbons (Fsp3) is 0.533. The number of fused-ring (bicyclic) bond motifs is 1. The van der Waals surface area contributed by atoms with Crippen molar-refractivity contribution >= 4 is 34.9 Å². The number of hydrogen-bond donors (Lipinski definition) is 0. The lowest BCUT2D eigenvalue weighted by atomic mass is 10.2. The fourth-order valence-corrected chi connectivity index (χ4v) is 3.84. The summed E-state index contributed by atoms with van der Waals surface area (Å²) in [5.41, 5.74) is -0.790. The molecule has 1 saturated heterocycles. The molecule has 1 aliphatic heterocycles. The van der Waals surface area contributed by atoms with Gasteiger partial charge in [-0.15, -0.1) is 10.2 Å². The molecule has 0 aromatic carbocycles. The number of ether oxygens (including phenoxy) is 1. The lowest BCUT2D eigenvalue weighted by molar-refractivity contribution is -0.140. The predicted octanol–water partition coefficient (Wildman–Crippen LogP) is 3.13. The minimum absolute atomic E-state index is 0.0358. The number of carbonyl (C=O) groups excluding carboxylic acids is 1. The Labute approximate surface area is 156 Å². The average molecular weight is 409 g/mol. The summed E-state index contributed by atoms with van der Waals surface area (Å²) in [6, 6.07) is 0.807. The van der Waals surface area contributed by atoms with E-state index >= 15 is 0 Å². The lowest BCUT2D eigenvalue weighted by Crippen LogP contribution is -2.48. The standard InChI is InChI=1S/C15H16ClF3N4O2S/c1-8-4-22(5-9(2)25-8)12(24)7-26-14-21-20-13-11(16)3-10(6-23(13)14)15(17,18)19/h3,6,8-9H,4-5,7H2,1-2H3/t8-,9-/m0/s1. The van der Waals surface area contributed by atoms with E-state index in [9.17, 15) is 18.0 Å². The first-order valence-electron chi connectivity index (χ1n) is 7.82. The zero-order valence-electron chi connectivity index (χ0n) is 14.0. The van der Waals surface area contributed by atoms with Gasteiger partial charge >= 0.3 is 6.18 Å². The molecule has 0 aliphatic carbocycles. The Balaban J connectivity index is 1.77. The Hall–Kier alpha value is -1.52. The number of hydrogen-bond acceptors (Lipinski definition) is 5. The van der Waals surface area contributed by atoms with Gasteiger partial charge in [-0.3, -0.25) is 9.20 Å². The summed E-state index contributed by atoms with van der Waals surface area (Å²) in [4.78, 5) is 14.1. The van der Waals surface area contributed by atoms with Crippen molar-refractivity contribution in [1.29, 1.82) is 0 Å². The molecule has 1 fully saturated rings. The van der Waals surface area contributed by atoms with Crippen LogP contribution in [0.15, 0.2) is 17.4 Å². The highest BCUT2D eigenvalue weighted by Gasteiger charge is 2.32. The summed E-state index contributed by atoms with van der Waals surface area (Å²) >= 11 is 6.90. The van der Waals surface area contributed by atoms with Crippen molar-refractivity contribution in [3.05, 3.63) is 22.8 Å². The summed E-state index contributed by atoms with van der Waals surface area (Å²) in [5.74, 6) is -0.0968. The van der Waals surface area contributed by atoms with Crippen LogP contribution in [0, 0.1) is 0 Å². The summed E-state index contributed by atoms with van der Waals surface area (Å²) in [6.07, 6.45) is -3.78. The first-order chi connectivity index (χ1) is 12.1. The highest BCUT2D eigenvalue weighted by Crippen LogP contribution is 2.33. The van der Waals surface area contributed by atoms with E-state index in [1.807, 2.05) is 13.8 Å². The van der Waals surface area contributed by atoms with E-state index in [0.717, 1.165) is 28.4 Å². The highest BCUT2D eigenvalue weighted by atomic mass is 35.5. The smallest absolute Gasteiger partial charge is 0.372 e. The number of nitrogens with zero attached hydrogens (tertiary/aromatic N) is 4. The van der Waals surface area contributed by atoms with Crippen LogP contribution in [-0.4, -0.2) is 56.5 Å². The molecule has 0 saturated carbocycles. The number of carbonyl (C=O) groups is 1. The topological polar surface area (TPSA) is 59.7 Å². The Morgan fingerprint density at radius 3 is 2.62 bits per heavy atom. The van der Waals surface area contributed by atoms with Crippen LogP contribution in [0.4, 0.5) is 13.2 Å². The van der Waals surface area contributed by atoms with Crippen LogP contribution in [0.1, 0.15) is 19.4 Å². The third-order valence-electron chi connectivity index (χ3n) is 3.85. The largest absolute Gasteiger partial charge is 0.417 e. The molecule has 2 aromatic rings. The lowest BCUT2D eigenvalue weighted by Gasteiger charge is -2.35. The number of morpholine rings is 1. The molecule has 0 spiro atoms. The second-order valence-corrected chi connectivity index (χ2v) is 7.45. The molecule has 11 heteroatoms. The Bertz CT molecular complexity index is 819. The Morgan fingerprint density at radius 1 is 1.35 bits per heavy atom. The van der Waals surface area contributed by atoms with Crippen molar-refractivity contribution in [2.45, 2.75) is 37.4 Å². The van der Waals surface area contributed by atoms with Crippen LogP contribution in [0.2, 0.25) is 5.02 Å². The SMILES string of the molecule is C[C@H]1CN(C(=O)CSc2nnc3c(Cl)cc(C(F)(F)F)cn23)C[C@H](C)O1. The maximum absolute atomic E-state index is 13.0. The summed E-state index contributed by atoms with van der Waals surface area (Å²) in [6.45, 7) is 4.73. The fourth-order valence-electron chi connectivity index (χ4n) is 2.79. The van der Waals surface area contributed by atoms with Crippen molar-refractivity contribution in [2.24, 2.45) is 0 Å². The first-order valence-corrected chi connectivity index (χ1v) is 9.19. The second-order valence-electron chi connectivity index (χ2n) is 6.10. The molecule has 0 bridgehead atoms. The van der Waals surface area contributed by atoms with E-state index < -0.39 is 11.7 Å². The first kappa shape index (κ1) is 19.2. The Morgan fingerprint density at radius 2 is 2.00 bits per heavy atom. The third kappa shape index (κ3) is 4.07. The number of aromatic nitrogens is 3. The van der Waals surface area contributed by atoms with Crippen LogP contribution in [0.5, 0.6) is 0 Å². The monoisotopic (exact) mass is 408 g/mol. The minimum atomic E-state index is -4.54. The number of halogens is 4. The molecular formula is C15H16ClF3N4O2S. The van der Waals surface area contributed by atoms with E-state index in [1.165, 1.54) is 0 Å². The van der Waals surface area contributed by atoms with Gasteiger partial charge in [0.2, 0.25) is 5.91 Å². The van der Waals surface area contributed by atoms with E-state index in [1.54, 1.807) is 4.90 Å². The van der Waals surface area contributed by atoms with Crippen LogP contribution in [-0.2, 0) is 15.7 Å². The van der Waals surface area contributed by atoms with E-state index in [0.29, 0.717) is 13.1 Å². The molecule has 3 heterocycles. The van der Waals surface area contributed by atoms with Gasteiger partial charge in [-0.2, -0.15) is 13.2 Å². The second kappa shape index (κ2) is 7.24. The maximum atomic E-state index is 13.0. The third-order valence-corrected chi connectivity index (χ3v) is 5.06. The molecular weight excluding hydrogens is 393 g/mol. The van der Waals surface area contributed by atoms with Crippen molar-refractivity contribution in [2.75, 3.05) is 18.8 Å². The van der Waals surface area contributed by atoms with Crippen molar-refractivity contribution in [3.63, 3.8) is 0 Å². The van der Waals surface area contributed by atoms with Crippen molar-refractivity contribution in [3.8, 4) is 0 Å². The molecule has 0 N–H and O–H groups in total. The number of thioether (sulfide) groups is 1. The average Bonchev–Trinajstić information content (AvgIpc) is 2.94. The zero-order valence-corrected chi connectivity index (χ0v) is 15.5. The van der Waals surface area contributed by atoms with Gasteiger partial charge in [0.15, 0.2) is 10.8 Å². The van der Waals surface area contributed by atoms with Crippen LogP contribution in [0.3, 0.4) is 0 Å². The van der Waals surface area contributed by atoms with Crippen LogP contribution in [0.25, 0.3) is 5.65 Å². The van der Waals surface area contributed by atoms with E-state index in [4.69, 9.17) is 16.3 Å². The molecule has 1 amide bonds. The summed E-state index contributed by atoms with van der Waals surface area (Å²) in [5, 5.41) is 7.68. The van der Waals surface area contributed by atoms with Gasteiger partial charge in [-0.05, 0) is 19.9 Å². The number of rotatable bonds is 3.